The van der Waals surface area contributed by atoms with Crippen molar-refractivity contribution < 1.29 is 78.3 Å². The van der Waals surface area contributed by atoms with Crippen molar-refractivity contribution in [3.8, 4) is 5.75 Å². The maximum atomic E-state index is 14.1. The fraction of sp³-hybridized carbons (Fsp3) is 0.646. The molecule has 26 nitrogen and oxygen atoms in total. The summed E-state index contributed by atoms with van der Waals surface area (Å²) in [5.41, 5.74) is 11.2. The molecule has 0 aliphatic carbocycles. The Bertz CT molecular complexity index is 2070. The zero-order valence-electron chi connectivity index (χ0n) is 42.2. The highest BCUT2D eigenvalue weighted by Crippen LogP contribution is 2.16. The topological polar surface area (TPSA) is 437 Å². The molecule has 0 radical (unpaired) electrons. The van der Waals surface area contributed by atoms with Gasteiger partial charge in [-0.2, -0.15) is 0 Å². The second kappa shape index (κ2) is 33.0. The van der Waals surface area contributed by atoms with Crippen molar-refractivity contribution in [3.05, 3.63) is 29.8 Å². The highest BCUT2D eigenvalue weighted by Gasteiger charge is 2.36. The second-order valence-electron chi connectivity index (χ2n) is 18.9. The zero-order chi connectivity index (χ0) is 55.5. The molecule has 1 aromatic carbocycles. The number of unbranched alkanes of at least 4 members (excludes halogenated alkanes) is 7. The molecule has 414 valence electrons. The van der Waals surface area contributed by atoms with Crippen LogP contribution in [0.15, 0.2) is 24.3 Å². The van der Waals surface area contributed by atoms with E-state index in [1.165, 1.54) is 24.3 Å². The number of phenols is 1. The van der Waals surface area contributed by atoms with E-state index in [4.69, 9.17) is 11.5 Å². The number of aliphatic hydroxyl groups is 3. The summed E-state index contributed by atoms with van der Waals surface area (Å²) in [5.74, 6) is -12.6. The average Bonchev–Trinajstić information content (AvgIpc) is 3.32. The van der Waals surface area contributed by atoms with Crippen LogP contribution < -0.4 is 54.0 Å². The van der Waals surface area contributed by atoms with Gasteiger partial charge in [0, 0.05) is 25.3 Å². The van der Waals surface area contributed by atoms with E-state index < -0.39 is 165 Å². The molecule has 1 heterocycles. The van der Waals surface area contributed by atoms with E-state index in [0.29, 0.717) is 24.3 Å². The molecule has 0 aromatic heterocycles. The largest absolute Gasteiger partial charge is 0.508 e. The highest BCUT2D eigenvalue weighted by molar-refractivity contribution is 5.99. The quantitative estimate of drug-likeness (QED) is 0.0479. The van der Waals surface area contributed by atoms with Crippen LogP contribution in [0.2, 0.25) is 0 Å². The first-order valence-corrected chi connectivity index (χ1v) is 24.8. The number of amides is 10. The summed E-state index contributed by atoms with van der Waals surface area (Å²) < 4.78 is 0. The molecule has 2 rings (SSSR count). The number of carbonyl (C=O) groups excluding carboxylic acids is 10. The van der Waals surface area contributed by atoms with Gasteiger partial charge in [0.15, 0.2) is 0 Å². The first kappa shape index (κ1) is 63.2. The summed E-state index contributed by atoms with van der Waals surface area (Å²) in [4.78, 5) is 146. The van der Waals surface area contributed by atoms with E-state index in [9.17, 15) is 78.3 Å². The zero-order valence-corrected chi connectivity index (χ0v) is 42.2. The van der Waals surface area contributed by atoms with Crippen LogP contribution in [0.1, 0.15) is 123 Å². The van der Waals surface area contributed by atoms with Gasteiger partial charge in [-0.05, 0) is 43.4 Å². The summed E-state index contributed by atoms with van der Waals surface area (Å²) in [6.07, 6.45) is 2.84. The lowest BCUT2D eigenvalue weighted by Crippen LogP contribution is -2.62. The molecule has 1 aliphatic heterocycles. The van der Waals surface area contributed by atoms with Crippen molar-refractivity contribution in [1.29, 1.82) is 0 Å². The van der Waals surface area contributed by atoms with Crippen LogP contribution >= 0.6 is 0 Å². The number of hydrogen-bond donors (Lipinski definition) is 15. The molecule has 0 saturated carbocycles. The Balaban J connectivity index is 2.67. The van der Waals surface area contributed by atoms with Crippen molar-refractivity contribution in [3.63, 3.8) is 0 Å². The normalized spacial score (nSPS) is 23.8. The Hall–Kier alpha value is -6.93. The lowest BCUT2D eigenvalue weighted by atomic mass is 10.0. The second-order valence-corrected chi connectivity index (χ2v) is 18.9. The molecular formula is C48H76N10O16. The minimum Gasteiger partial charge on any atom is -0.508 e. The third-order valence-corrected chi connectivity index (χ3v) is 11.9. The number of hydrogen-bond acceptors (Lipinski definition) is 15. The van der Waals surface area contributed by atoms with Crippen LogP contribution in [0.25, 0.3) is 0 Å². The summed E-state index contributed by atoms with van der Waals surface area (Å²) in [7, 11) is 0. The lowest BCUT2D eigenvalue weighted by Gasteiger charge is -2.28. The molecule has 0 bridgehead atoms. The smallest absolute Gasteiger partial charge is 0.303 e. The van der Waals surface area contributed by atoms with Gasteiger partial charge in [0.25, 0.3) is 0 Å². The minimum absolute atomic E-state index is 0.158. The SMILES string of the molecule is CC(C)CCCCCCCCCC[C@H]1CC(=O)N[C@@H](CC(N)=O)C(=O)N[C@H](Cc2ccc(O)cc2)C(=O)N[C@H](CC(N)=O)C(=O)N[C@@H](CO)C(=O)N[C@@H](CCC(=O)O)C(=O)N[C@H](CO)C(=O)N[C@@H]([C@@H](C)O)C(=O)N1. The number of nitrogens with two attached hydrogens (primary N) is 2. The van der Waals surface area contributed by atoms with Gasteiger partial charge in [-0.25, -0.2) is 0 Å². The summed E-state index contributed by atoms with van der Waals surface area (Å²) in [6, 6.07) is -8.62. The predicted molar refractivity (Wildman–Crippen MR) is 263 cm³/mol. The molecule has 26 heteroatoms. The molecule has 17 N–H and O–H groups in total. The molecule has 1 fully saturated rings. The molecule has 1 aromatic rings. The molecule has 74 heavy (non-hydrogen) atoms. The van der Waals surface area contributed by atoms with E-state index in [-0.39, 0.29) is 18.6 Å². The predicted octanol–water partition coefficient (Wildman–Crippen LogP) is -3.25. The van der Waals surface area contributed by atoms with Crippen molar-refractivity contribution >= 4 is 65.0 Å². The summed E-state index contributed by atoms with van der Waals surface area (Å²) in [6.45, 7) is 3.16. The van der Waals surface area contributed by atoms with Crippen molar-refractivity contribution in [2.75, 3.05) is 13.2 Å². The summed E-state index contributed by atoms with van der Waals surface area (Å²) >= 11 is 0. The van der Waals surface area contributed by atoms with E-state index in [2.05, 4.69) is 56.4 Å². The van der Waals surface area contributed by atoms with Crippen LogP contribution in [0, 0.1) is 5.92 Å². The van der Waals surface area contributed by atoms with E-state index >= 15 is 0 Å². The van der Waals surface area contributed by atoms with Crippen LogP contribution in [0.3, 0.4) is 0 Å². The number of phenolic OH excluding ortho intramolecular Hbond substituents is 1. The Morgan fingerprint density at radius 3 is 1.49 bits per heavy atom. The fourth-order valence-electron chi connectivity index (χ4n) is 7.84. The van der Waals surface area contributed by atoms with E-state index in [1.54, 1.807) is 0 Å². The number of rotatable bonds is 23. The van der Waals surface area contributed by atoms with Gasteiger partial charge in [0.1, 0.15) is 48.0 Å². The number of carboxylic acids is 1. The monoisotopic (exact) mass is 1050 g/mol. The van der Waals surface area contributed by atoms with Crippen LogP contribution in [-0.4, -0.2) is 158 Å². The standard InChI is InChI=1S/C48H76N10O16/c1-26(2)12-10-8-6-4-5-7-9-11-13-29-21-39(65)52-33(22-37(49)63)44(70)54-32(20-28-14-16-30(62)17-15-28)43(69)55-34(23-38(50)64)45(71)57-35(24-59)46(72)53-31(18-19-40(66)67)42(68)56-36(25-60)47(73)58-41(27(3)61)48(74)51-29/h14-17,26-27,29,31-36,41,59-62H,4-13,18-25H2,1-3H3,(H2,49,63)(H2,50,64)(H,51,74)(H,52,65)(H,53,72)(H,54,70)(H,55,69)(H,56,68)(H,57,71)(H,58,73)(H,66,67)/t27-,29+,31+,32-,33+,34-,35+,36-,41+/m1/s1. The van der Waals surface area contributed by atoms with Gasteiger partial charge >= 0.3 is 5.97 Å². The molecule has 10 amide bonds. The Morgan fingerprint density at radius 2 is 0.986 bits per heavy atom. The fourth-order valence-corrected chi connectivity index (χ4v) is 7.84. The number of aromatic hydroxyl groups is 1. The summed E-state index contributed by atoms with van der Waals surface area (Å²) in [5, 5.41) is 68.7. The molecule has 0 spiro atoms. The van der Waals surface area contributed by atoms with Gasteiger partial charge in [0.05, 0.1) is 32.2 Å². The van der Waals surface area contributed by atoms with Crippen LogP contribution in [0.5, 0.6) is 5.75 Å². The third-order valence-electron chi connectivity index (χ3n) is 11.9. The number of carboxylic acid groups (broad SMARTS) is 1. The highest BCUT2D eigenvalue weighted by atomic mass is 16.4. The van der Waals surface area contributed by atoms with Gasteiger partial charge in [0.2, 0.25) is 59.1 Å². The van der Waals surface area contributed by atoms with E-state index in [0.717, 1.165) is 51.9 Å². The van der Waals surface area contributed by atoms with Crippen molar-refractivity contribution in [2.24, 2.45) is 17.4 Å². The van der Waals surface area contributed by atoms with Gasteiger partial charge < -0.3 is 79.5 Å². The Kier molecular flexibility index (Phi) is 28.2. The maximum Gasteiger partial charge on any atom is 0.303 e. The lowest BCUT2D eigenvalue weighted by molar-refractivity contribution is -0.139. The molecule has 9 atom stereocenters. The maximum absolute atomic E-state index is 14.1. The van der Waals surface area contributed by atoms with Crippen molar-refractivity contribution in [1.82, 2.24) is 42.5 Å². The number of benzene rings is 1. The first-order valence-electron chi connectivity index (χ1n) is 24.8. The van der Waals surface area contributed by atoms with Gasteiger partial charge in [-0.1, -0.05) is 83.8 Å². The number of aliphatic carboxylic acids is 1. The Morgan fingerprint density at radius 1 is 0.554 bits per heavy atom. The van der Waals surface area contributed by atoms with Crippen LogP contribution in [-0.2, 0) is 59.2 Å². The van der Waals surface area contributed by atoms with Crippen LogP contribution in [0.4, 0.5) is 0 Å². The molecule has 0 unspecified atom stereocenters. The minimum atomic E-state index is -1.98. The Labute approximate surface area is 429 Å². The average molecular weight is 1050 g/mol. The van der Waals surface area contributed by atoms with Crippen molar-refractivity contribution in [2.45, 2.75) is 178 Å². The molecule has 1 aliphatic rings. The number of aliphatic hydroxyl groups excluding tert-OH is 3. The van der Waals surface area contributed by atoms with Gasteiger partial charge in [-0.3, -0.25) is 52.7 Å². The van der Waals surface area contributed by atoms with E-state index in [1.807, 2.05) is 0 Å². The number of carbonyl (C=O) groups is 11. The molecule has 1 saturated heterocycles. The number of primary amides is 2. The number of nitrogens with one attached hydrogen (secondary N) is 8. The van der Waals surface area contributed by atoms with Gasteiger partial charge in [-0.15, -0.1) is 0 Å². The third kappa shape index (κ3) is 24.2. The first-order chi connectivity index (χ1) is 34.9. The molecular weight excluding hydrogens is 973 g/mol.